The summed E-state index contributed by atoms with van der Waals surface area (Å²) >= 11 is 0. The number of halogens is 2. The number of carbonyl (C=O) groups is 2. The van der Waals surface area contributed by atoms with E-state index in [9.17, 15) is 23.5 Å². The third-order valence-corrected chi connectivity index (χ3v) is 7.52. The Kier molecular flexibility index (Phi) is 9.66. The molecule has 8 heteroatoms. The van der Waals surface area contributed by atoms with E-state index >= 15 is 0 Å². The van der Waals surface area contributed by atoms with Crippen LogP contribution in [0.5, 0.6) is 0 Å². The molecule has 0 heterocycles. The molecule has 0 spiro atoms. The number of aliphatic hydroxyl groups excluding tert-OH is 1. The second-order valence-corrected chi connectivity index (χ2v) is 10.7. The summed E-state index contributed by atoms with van der Waals surface area (Å²) < 4.78 is 27.6. The largest absolute Gasteiger partial charge is 0.390 e. The standard InChI is InChI=1S/C32H37F2N3O3/c1-21(38)36-29-11-7-9-25(18-29)24-8-6-10-26(17-24)32(12-4-3-5-13-32)35-20-31(40)30(37-22(2)39)16-23-14-27(33)19-28(34)15-23/h6-11,14-15,17-19,30-31,35,40H,3-5,12-13,16,20H2,1-2H3,(H,36,38)(H,37,39). The third-order valence-electron chi connectivity index (χ3n) is 7.52. The molecule has 2 amide bonds. The number of anilines is 1. The fourth-order valence-electron chi connectivity index (χ4n) is 5.67. The smallest absolute Gasteiger partial charge is 0.221 e. The number of rotatable bonds is 10. The van der Waals surface area contributed by atoms with E-state index < -0.39 is 23.8 Å². The van der Waals surface area contributed by atoms with Gasteiger partial charge in [0.25, 0.3) is 0 Å². The molecule has 4 rings (SSSR count). The minimum absolute atomic E-state index is 0.0875. The van der Waals surface area contributed by atoms with E-state index in [1.165, 1.54) is 26.0 Å². The molecule has 0 aromatic heterocycles. The Morgan fingerprint density at radius 1 is 0.875 bits per heavy atom. The van der Waals surface area contributed by atoms with Crippen molar-refractivity contribution in [1.82, 2.24) is 10.6 Å². The molecule has 1 fully saturated rings. The minimum Gasteiger partial charge on any atom is -0.390 e. The van der Waals surface area contributed by atoms with Gasteiger partial charge in [0, 0.05) is 37.7 Å². The normalized spacial score (nSPS) is 16.1. The van der Waals surface area contributed by atoms with Gasteiger partial charge in [0.2, 0.25) is 11.8 Å². The van der Waals surface area contributed by atoms with E-state index in [1.54, 1.807) is 0 Å². The lowest BCUT2D eigenvalue weighted by atomic mass is 9.75. The molecule has 1 aliphatic rings. The molecule has 212 valence electrons. The van der Waals surface area contributed by atoms with Gasteiger partial charge in [-0.15, -0.1) is 0 Å². The van der Waals surface area contributed by atoms with E-state index in [2.05, 4.69) is 28.1 Å². The zero-order chi connectivity index (χ0) is 28.7. The number of nitrogens with one attached hydrogen (secondary N) is 3. The van der Waals surface area contributed by atoms with Crippen molar-refractivity contribution in [3.05, 3.63) is 89.5 Å². The Labute approximate surface area is 234 Å². The summed E-state index contributed by atoms with van der Waals surface area (Å²) in [6, 6.07) is 18.5. The van der Waals surface area contributed by atoms with Gasteiger partial charge in [0.15, 0.2) is 0 Å². The lowest BCUT2D eigenvalue weighted by molar-refractivity contribution is -0.120. The van der Waals surface area contributed by atoms with Gasteiger partial charge in [-0.2, -0.15) is 0 Å². The average molecular weight is 550 g/mol. The van der Waals surface area contributed by atoms with Crippen LogP contribution in [0.2, 0.25) is 0 Å². The van der Waals surface area contributed by atoms with E-state index in [0.29, 0.717) is 5.56 Å². The summed E-state index contributed by atoms with van der Waals surface area (Å²) in [6.45, 7) is 3.02. The molecule has 6 nitrogen and oxygen atoms in total. The maximum atomic E-state index is 13.8. The number of benzene rings is 3. The van der Waals surface area contributed by atoms with Crippen LogP contribution in [-0.2, 0) is 21.5 Å². The summed E-state index contributed by atoms with van der Waals surface area (Å²) in [4.78, 5) is 23.4. The molecule has 2 unspecified atom stereocenters. The van der Waals surface area contributed by atoms with Gasteiger partial charge in [-0.25, -0.2) is 8.78 Å². The van der Waals surface area contributed by atoms with Crippen LogP contribution in [0.1, 0.15) is 57.1 Å². The SMILES string of the molecule is CC(=O)Nc1cccc(-c2cccc(C3(NCC(O)C(Cc4cc(F)cc(F)c4)NC(C)=O)CCCCC3)c2)c1. The van der Waals surface area contributed by atoms with Crippen molar-refractivity contribution in [2.75, 3.05) is 11.9 Å². The zero-order valence-electron chi connectivity index (χ0n) is 23.0. The quantitative estimate of drug-likeness (QED) is 0.271. The van der Waals surface area contributed by atoms with Crippen LogP contribution in [0.3, 0.4) is 0 Å². The van der Waals surface area contributed by atoms with Crippen molar-refractivity contribution in [3.8, 4) is 11.1 Å². The summed E-state index contributed by atoms with van der Waals surface area (Å²) in [5.41, 5.74) is 3.80. The third kappa shape index (κ3) is 7.73. The highest BCUT2D eigenvalue weighted by Crippen LogP contribution is 2.39. The predicted octanol–water partition coefficient (Wildman–Crippen LogP) is 5.45. The van der Waals surface area contributed by atoms with Crippen LogP contribution < -0.4 is 16.0 Å². The van der Waals surface area contributed by atoms with Gasteiger partial charge in [-0.1, -0.05) is 49.6 Å². The van der Waals surface area contributed by atoms with Gasteiger partial charge in [-0.05, 0) is 71.8 Å². The summed E-state index contributed by atoms with van der Waals surface area (Å²) in [7, 11) is 0. The number of hydrogen-bond donors (Lipinski definition) is 4. The molecule has 0 radical (unpaired) electrons. The highest BCUT2D eigenvalue weighted by atomic mass is 19.1. The predicted molar refractivity (Wildman–Crippen MR) is 153 cm³/mol. The molecule has 1 saturated carbocycles. The van der Waals surface area contributed by atoms with Gasteiger partial charge < -0.3 is 21.1 Å². The molecule has 3 aromatic carbocycles. The highest BCUT2D eigenvalue weighted by Gasteiger charge is 2.35. The van der Waals surface area contributed by atoms with E-state index in [0.717, 1.165) is 60.5 Å². The first-order chi connectivity index (χ1) is 19.1. The first kappa shape index (κ1) is 29.4. The number of amides is 2. The first-order valence-corrected chi connectivity index (χ1v) is 13.8. The van der Waals surface area contributed by atoms with Crippen LogP contribution >= 0.6 is 0 Å². The monoisotopic (exact) mass is 549 g/mol. The van der Waals surface area contributed by atoms with E-state index in [4.69, 9.17) is 0 Å². The Morgan fingerprint density at radius 3 is 2.17 bits per heavy atom. The van der Waals surface area contributed by atoms with Crippen molar-refractivity contribution >= 4 is 17.5 Å². The molecule has 3 aromatic rings. The van der Waals surface area contributed by atoms with Crippen molar-refractivity contribution in [3.63, 3.8) is 0 Å². The lowest BCUT2D eigenvalue weighted by Crippen LogP contribution is -2.53. The number of aliphatic hydroxyl groups is 1. The van der Waals surface area contributed by atoms with Crippen LogP contribution in [0.4, 0.5) is 14.5 Å². The maximum Gasteiger partial charge on any atom is 0.221 e. The first-order valence-electron chi connectivity index (χ1n) is 13.8. The van der Waals surface area contributed by atoms with Crippen molar-refractivity contribution < 1.29 is 23.5 Å². The fourth-order valence-corrected chi connectivity index (χ4v) is 5.67. The van der Waals surface area contributed by atoms with Crippen LogP contribution in [0.15, 0.2) is 66.7 Å². The topological polar surface area (TPSA) is 90.5 Å². The van der Waals surface area contributed by atoms with Gasteiger partial charge in [0.1, 0.15) is 11.6 Å². The molecule has 0 bridgehead atoms. The average Bonchev–Trinajstić information content (AvgIpc) is 2.91. The number of hydrogen-bond acceptors (Lipinski definition) is 4. The van der Waals surface area contributed by atoms with Gasteiger partial charge >= 0.3 is 0 Å². The fraction of sp³-hybridized carbons (Fsp3) is 0.375. The zero-order valence-corrected chi connectivity index (χ0v) is 23.0. The summed E-state index contributed by atoms with van der Waals surface area (Å²) in [5, 5.41) is 20.4. The highest BCUT2D eigenvalue weighted by molar-refractivity contribution is 5.89. The van der Waals surface area contributed by atoms with Crippen molar-refractivity contribution in [1.29, 1.82) is 0 Å². The molecule has 0 saturated heterocycles. The van der Waals surface area contributed by atoms with Gasteiger partial charge in [0.05, 0.1) is 12.1 Å². The van der Waals surface area contributed by atoms with Crippen molar-refractivity contribution in [2.24, 2.45) is 0 Å². The molecular weight excluding hydrogens is 512 g/mol. The lowest BCUT2D eigenvalue weighted by Gasteiger charge is -2.40. The van der Waals surface area contributed by atoms with Crippen LogP contribution in [-0.4, -0.2) is 35.6 Å². The second-order valence-electron chi connectivity index (χ2n) is 10.7. The molecule has 2 atom stereocenters. The Bertz CT molecular complexity index is 1320. The van der Waals surface area contributed by atoms with E-state index in [1.807, 2.05) is 36.4 Å². The van der Waals surface area contributed by atoms with E-state index in [-0.39, 0.29) is 30.3 Å². The second kappa shape index (κ2) is 13.2. The van der Waals surface area contributed by atoms with Crippen LogP contribution in [0, 0.1) is 11.6 Å². The molecular formula is C32H37F2N3O3. The number of carbonyl (C=O) groups excluding carboxylic acids is 2. The Balaban J connectivity index is 1.56. The summed E-state index contributed by atoms with van der Waals surface area (Å²) in [6.07, 6.45) is 4.05. The Morgan fingerprint density at radius 2 is 1.52 bits per heavy atom. The molecule has 4 N–H and O–H groups in total. The maximum absolute atomic E-state index is 13.8. The molecule has 1 aliphatic carbocycles. The summed E-state index contributed by atoms with van der Waals surface area (Å²) in [5.74, 6) is -1.86. The Hall–Kier alpha value is -3.62. The molecule has 40 heavy (non-hydrogen) atoms. The van der Waals surface area contributed by atoms with Crippen molar-refractivity contribution in [2.45, 2.75) is 70.1 Å². The van der Waals surface area contributed by atoms with Crippen LogP contribution in [0.25, 0.3) is 11.1 Å². The molecule has 0 aliphatic heterocycles. The van der Waals surface area contributed by atoms with Gasteiger partial charge in [-0.3, -0.25) is 9.59 Å². The minimum atomic E-state index is -0.994.